The van der Waals surface area contributed by atoms with E-state index in [0.717, 1.165) is 112 Å². The highest BCUT2D eigenvalue weighted by atomic mass is 16.5. The van der Waals surface area contributed by atoms with Crippen LogP contribution in [0, 0.1) is 393 Å². The van der Waals surface area contributed by atoms with Gasteiger partial charge in [-0.2, -0.15) is 0 Å². The Hall–Kier alpha value is -19.6. The van der Waals surface area contributed by atoms with Crippen LogP contribution in [0.1, 0.15) is 308 Å². The minimum Gasteiger partial charge on any atom is -0.496 e. The lowest BCUT2D eigenvalue weighted by Gasteiger charge is -2.10. The first-order valence-corrected chi connectivity index (χ1v) is 44.4. The summed E-state index contributed by atoms with van der Waals surface area (Å²) in [5.74, 6) is 154. The summed E-state index contributed by atoms with van der Waals surface area (Å²) < 4.78 is 49.1. The highest BCUT2D eigenvalue weighted by Crippen LogP contribution is 2.27. The van der Waals surface area contributed by atoms with Gasteiger partial charge in [-0.1, -0.05) is 165 Å². The van der Waals surface area contributed by atoms with Crippen LogP contribution in [-0.4, -0.2) is 78.7 Å². The third kappa shape index (κ3) is 81.4. The Balaban J connectivity index is -0.0000000190. The summed E-state index contributed by atoms with van der Waals surface area (Å²) in [5.41, 5.74) is 7.92. The Labute approximate surface area is 927 Å². The fraction of sp³-hybridized carbons (Fsp3) is 0.317. The van der Waals surface area contributed by atoms with E-state index in [0.29, 0.717) is 62.2 Å². The molecule has 3 N–H and O–H groups in total. The number of benzene rings is 3. The van der Waals surface area contributed by atoms with Gasteiger partial charge in [0.15, 0.2) is 6.29 Å². The summed E-state index contributed by atoms with van der Waals surface area (Å²) in [6.07, 6.45) is 60.1. The van der Waals surface area contributed by atoms with Crippen molar-refractivity contribution in [1.29, 1.82) is 0 Å². The largest absolute Gasteiger partial charge is 0.496 e. The third-order valence-corrected chi connectivity index (χ3v) is 16.9. The number of aldehydes is 1. The molecule has 139 heavy (non-hydrogen) atoms. The molecule has 0 heterocycles. The van der Waals surface area contributed by atoms with E-state index < -0.39 is 0 Å². The first kappa shape index (κ1) is 117. The average Bonchev–Trinajstić information content (AvgIpc) is 0.871. The monoisotopic (exact) mass is 1950 g/mol. The molecule has 3 aromatic carbocycles. The molecular formula is C126H232N2O11. The van der Waals surface area contributed by atoms with Crippen molar-refractivity contribution in [2.75, 3.05) is 61.0 Å². The summed E-state index contributed by atoms with van der Waals surface area (Å²) in [6, 6.07) is 16.5. The Bertz CT molecular complexity index is 6980. The van der Waals surface area contributed by atoms with Crippen molar-refractivity contribution in [2.45, 2.75) is 199 Å². The molecule has 3 rings (SSSR count). The zero-order chi connectivity index (χ0) is 99.8. The van der Waals surface area contributed by atoms with E-state index in [-0.39, 0.29) is 94.2 Å². The predicted octanol–water partition coefficient (Wildman–Crippen LogP) is 32.2. The number of oxime groups is 1. The molecule has 0 bridgehead atoms. The van der Waals surface area contributed by atoms with E-state index in [2.05, 4.69) is 379 Å². The Morgan fingerprint density at radius 1 is 0.259 bits per heavy atom. The standard InChI is InChI=1S/C42H33NO4.C42H35NO3.C42H32O4.66H2/c1-3-4-5-6-7-8-9-10-11-12-13-14-15-16-17-18-21-24-27-30-35-46-36-31-28-25-22-19-20-23-26-29-32-37-47-41-34-33-40(39-43-44)42(38-41)45-2;2*1-3-4-5-6-7-8-9-10-11-12-13-14-15-16-17-18-21-24-27-30-35-45-36-31-28-25-22-19-20-23-26-29-32-37-46-41-34-33-40(39-43)42(38-41)44-2;;;;;;;;;;;;;;;;;;;;;;;;;;;;;;;;;;;;;;;;;;;;;;;;;;;;;;;;;;;;;;;;;;/h1,33-34,38-39,44H,19-20,22-23,25-26,28-29,31-32,36-37H2,2H3;1,33-34,38H,19-20,22-23,25-26,28-29,31-32,36-37,39,43H2,2H3;1,33-34,38-39H,19-20,22-23,25-26,28-29,31-32,36-37H2,2H3;66*1H. The van der Waals surface area contributed by atoms with Crippen molar-refractivity contribution in [2.24, 2.45) is 10.9 Å². The summed E-state index contributed by atoms with van der Waals surface area (Å²) in [7, 11) is 4.77. The summed E-state index contributed by atoms with van der Waals surface area (Å²) >= 11 is 0. The van der Waals surface area contributed by atoms with Crippen LogP contribution in [-0.2, 0) is 20.8 Å². The van der Waals surface area contributed by atoms with Gasteiger partial charge in [-0.25, -0.2) is 0 Å². The molecule has 0 aliphatic heterocycles. The second-order valence-electron chi connectivity index (χ2n) is 26.9. The maximum atomic E-state index is 11.0. The van der Waals surface area contributed by atoms with Crippen molar-refractivity contribution < 1.29 is 147 Å². The Morgan fingerprint density at radius 2 is 0.446 bits per heavy atom. The summed E-state index contributed by atoms with van der Waals surface area (Å²) in [5, 5.41) is 11.7. The van der Waals surface area contributed by atoms with Crippen LogP contribution >= 0.6 is 0 Å². The molecule has 0 amide bonds. The van der Waals surface area contributed by atoms with Crippen molar-refractivity contribution in [3.8, 4) is 427 Å². The van der Waals surface area contributed by atoms with Gasteiger partial charge in [-0.3, -0.25) is 4.79 Å². The molecule has 0 saturated heterocycles. The van der Waals surface area contributed by atoms with Gasteiger partial charge in [-0.05, 0) is 211 Å². The number of rotatable bonds is 48. The molecule has 13 nitrogen and oxygen atoms in total. The highest BCUT2D eigenvalue weighted by molar-refractivity contribution is 5.83. The van der Waals surface area contributed by atoms with Gasteiger partial charge in [0.2, 0.25) is 0 Å². The average molecular weight is 1950 g/mol. The van der Waals surface area contributed by atoms with Crippen molar-refractivity contribution in [3.63, 3.8) is 0 Å². The number of carbonyl (C=O) groups is 1. The fourth-order valence-electron chi connectivity index (χ4n) is 10.5. The van der Waals surface area contributed by atoms with E-state index >= 15 is 0 Å². The lowest BCUT2D eigenvalue weighted by Crippen LogP contribution is -2.02. The summed E-state index contributed by atoms with van der Waals surface area (Å²) in [4.78, 5) is 11.0. The van der Waals surface area contributed by atoms with Gasteiger partial charge in [0.1, 0.15) is 72.6 Å². The minimum absolute atomic E-state index is 0. The molecule has 13 heteroatoms. The van der Waals surface area contributed by atoms with Crippen LogP contribution in [0.15, 0.2) is 59.8 Å². The molecular weight excluding hydrogens is 1720 g/mol. The van der Waals surface area contributed by atoms with Crippen LogP contribution in [0.3, 0.4) is 0 Å². The number of nitrogens with two attached hydrogens (primary N) is 1. The maximum Gasteiger partial charge on any atom is 0.153 e. The molecule has 812 valence electrons. The molecule has 3 aromatic rings. The quantitative estimate of drug-likeness (QED) is 0.0138. The molecule has 0 aliphatic carbocycles. The van der Waals surface area contributed by atoms with E-state index in [1.807, 2.05) is 24.3 Å². The SMILES string of the molecule is C#CC#CC#CC#CC#CC#CC#CC#CC#CC#CC#COCCCCCCCCCCCCOc1ccc(C=NO)c(OC)c1.C#CC#CC#CC#CC#CC#CC#CC#CC#CC#CC#COCCCCCCCCCCCCOc1ccc(C=O)c(OC)c1.C#CC#CC#CC#CC#CC#CC#CC#CC#CC#CC#COCCCCCCCCCCCCOc1ccc(CN)c(OC)c1.[HH].[HH].[HH].[HH].[HH].[HH].[HH].[HH].[HH].[HH].[HH].[HH].[HH].[HH].[HH].[HH].[HH].[HH].[HH].[HH].[HH].[HH].[HH].[HH].[HH].[HH].[HH].[HH].[HH].[HH].[HH].[HH].[HH].[HH].[HH].[HH].[HH].[HH].[HH].[HH].[HH].[HH].[HH].[HH].[HH].[HH].[HH].[HH].[HH].[HH].[HH].[HH].[HH].[HH].[HH].[HH].[HH].[HH].[HH].[HH].[HH].[HH].[HH].[HH].[HH].[HH]. The zero-order valence-corrected chi connectivity index (χ0v) is 78.8. The molecule has 0 atom stereocenters. The van der Waals surface area contributed by atoms with Crippen LogP contribution in [0.2, 0.25) is 0 Å². The molecule has 0 unspecified atom stereocenters. The van der Waals surface area contributed by atoms with Crippen LogP contribution in [0.25, 0.3) is 0 Å². The van der Waals surface area contributed by atoms with Crippen molar-refractivity contribution in [3.05, 3.63) is 71.3 Å². The number of ether oxygens (including phenoxy) is 9. The first-order chi connectivity index (χ1) is 68.9. The number of terminal acetylenes is 3. The normalized spacial score (nSPS) is 7.63. The number of unbranched alkanes of at least 4 members (excludes halogenated alkanes) is 27. The van der Waals surface area contributed by atoms with E-state index in [9.17, 15) is 4.79 Å². The maximum absolute atomic E-state index is 11.0. The lowest BCUT2D eigenvalue weighted by atomic mass is 10.1. The van der Waals surface area contributed by atoms with Gasteiger partial charge in [-0.15, -0.1) is 19.3 Å². The van der Waals surface area contributed by atoms with Crippen molar-refractivity contribution >= 4 is 12.5 Å². The molecule has 0 radical (unpaired) electrons. The van der Waals surface area contributed by atoms with Gasteiger partial charge < -0.3 is 53.6 Å². The van der Waals surface area contributed by atoms with Crippen LogP contribution in [0.5, 0.6) is 34.5 Å². The lowest BCUT2D eigenvalue weighted by molar-refractivity contribution is 0.112. The van der Waals surface area contributed by atoms with Gasteiger partial charge >= 0.3 is 0 Å². The minimum atomic E-state index is 0. The number of hydrogen-bond acceptors (Lipinski definition) is 13. The topological polar surface area (TPSA) is 159 Å². The van der Waals surface area contributed by atoms with Gasteiger partial charge in [0.05, 0.1) is 52.9 Å². The van der Waals surface area contributed by atoms with Crippen LogP contribution in [0.4, 0.5) is 0 Å². The van der Waals surface area contributed by atoms with Gasteiger partial charge in [0.25, 0.3) is 0 Å². The highest BCUT2D eigenvalue weighted by Gasteiger charge is 2.08. The number of carbonyl (C=O) groups excluding carboxylic acids is 1. The Morgan fingerprint density at radius 3 is 0.655 bits per heavy atom. The second-order valence-corrected chi connectivity index (χ2v) is 26.9. The molecule has 0 spiro atoms. The van der Waals surface area contributed by atoms with E-state index in [1.54, 1.807) is 51.7 Å². The third-order valence-electron chi connectivity index (χ3n) is 16.9. The number of methoxy groups -OCH3 is 3. The predicted molar refractivity (Wildman–Crippen MR) is 694 cm³/mol. The molecule has 0 saturated carbocycles. The Kier molecular flexibility index (Phi) is 83.7. The molecule has 0 aliphatic rings. The van der Waals surface area contributed by atoms with Gasteiger partial charge in [0, 0.05) is 343 Å². The van der Waals surface area contributed by atoms with Crippen LogP contribution < -0.4 is 34.2 Å². The number of nitrogens with zero attached hydrogens (tertiary/aromatic N) is 1. The fourth-order valence-corrected chi connectivity index (χ4v) is 10.5. The smallest absolute Gasteiger partial charge is 0.153 e. The number of hydrogen-bond donors (Lipinski definition) is 2. The summed E-state index contributed by atoms with van der Waals surface area (Å²) in [6.45, 7) is 4.32. The first-order valence-electron chi connectivity index (χ1n) is 44.4. The molecule has 0 fully saturated rings. The molecule has 0 aromatic heterocycles. The second kappa shape index (κ2) is 99.0. The van der Waals surface area contributed by atoms with Crippen molar-refractivity contribution in [1.82, 2.24) is 0 Å². The van der Waals surface area contributed by atoms with E-state index in [1.165, 1.54) is 128 Å². The zero-order valence-electron chi connectivity index (χ0n) is 78.8. The van der Waals surface area contributed by atoms with E-state index in [4.69, 9.17) is 72.8 Å².